The number of benzene rings is 1. The molecule has 1 aromatic carbocycles. The van der Waals surface area contributed by atoms with E-state index in [-0.39, 0.29) is 12.5 Å². The van der Waals surface area contributed by atoms with Gasteiger partial charge >= 0.3 is 5.97 Å². The summed E-state index contributed by atoms with van der Waals surface area (Å²) >= 11 is 1.45. The van der Waals surface area contributed by atoms with Crippen LogP contribution in [0.3, 0.4) is 0 Å². The van der Waals surface area contributed by atoms with Gasteiger partial charge in [-0.05, 0) is 31.2 Å². The highest BCUT2D eigenvalue weighted by molar-refractivity contribution is 7.98. The molecule has 0 aliphatic heterocycles. The number of carbonyl (C=O) groups excluding carboxylic acids is 2. The number of hydrogen-bond donors (Lipinski definition) is 0. The molecule has 0 aromatic heterocycles. The van der Waals surface area contributed by atoms with Crippen molar-refractivity contribution < 1.29 is 14.3 Å². The molecular formula is C18H22N2O3S. The molecule has 1 aromatic rings. The molecule has 0 atom stereocenters. The van der Waals surface area contributed by atoms with Gasteiger partial charge in [-0.2, -0.15) is 5.26 Å². The van der Waals surface area contributed by atoms with Crippen molar-refractivity contribution in [3.8, 4) is 6.07 Å². The Kier molecular flexibility index (Phi) is 6.27. The van der Waals surface area contributed by atoms with Crippen LogP contribution in [0.5, 0.6) is 0 Å². The average molecular weight is 346 g/mol. The van der Waals surface area contributed by atoms with Crippen molar-refractivity contribution in [3.63, 3.8) is 0 Å². The molecule has 5 nitrogen and oxygen atoms in total. The first-order valence-electron chi connectivity index (χ1n) is 8.02. The lowest BCUT2D eigenvalue weighted by Crippen LogP contribution is -2.51. The van der Waals surface area contributed by atoms with Crippen LogP contribution >= 0.6 is 11.8 Å². The lowest BCUT2D eigenvalue weighted by atomic mass is 9.81. The Bertz CT molecular complexity index is 648. The fraction of sp³-hybridized carbons (Fsp3) is 0.500. The second kappa shape index (κ2) is 8.20. The van der Waals surface area contributed by atoms with Crippen LogP contribution in [-0.2, 0) is 9.53 Å². The molecule has 128 valence electrons. The topological polar surface area (TPSA) is 70.4 Å². The first kappa shape index (κ1) is 18.3. The second-order valence-corrected chi connectivity index (χ2v) is 6.78. The molecule has 1 fully saturated rings. The molecule has 1 aliphatic rings. The number of carbonyl (C=O) groups is 2. The molecule has 0 heterocycles. The van der Waals surface area contributed by atoms with Crippen molar-refractivity contribution in [1.82, 2.24) is 4.90 Å². The highest BCUT2D eigenvalue weighted by atomic mass is 32.2. The molecule has 24 heavy (non-hydrogen) atoms. The van der Waals surface area contributed by atoms with Gasteiger partial charge < -0.3 is 9.64 Å². The van der Waals surface area contributed by atoms with E-state index in [1.165, 1.54) is 16.7 Å². The minimum Gasteiger partial charge on any atom is -0.452 e. The molecule has 1 saturated carbocycles. The number of amides is 1. The first-order valence-corrected chi connectivity index (χ1v) is 9.24. The normalized spacial score (nSPS) is 16.0. The monoisotopic (exact) mass is 346 g/mol. The Morgan fingerprint density at radius 2 is 1.96 bits per heavy atom. The van der Waals surface area contributed by atoms with E-state index in [1.54, 1.807) is 19.2 Å². The zero-order valence-corrected chi connectivity index (χ0v) is 14.9. The minimum atomic E-state index is -0.765. The summed E-state index contributed by atoms with van der Waals surface area (Å²) < 4.78 is 5.18. The van der Waals surface area contributed by atoms with Gasteiger partial charge in [0.1, 0.15) is 5.54 Å². The third-order valence-corrected chi connectivity index (χ3v) is 5.35. The molecule has 6 heteroatoms. The Hall–Kier alpha value is -2.00. The summed E-state index contributed by atoms with van der Waals surface area (Å²) in [6.07, 6.45) is 6.19. The van der Waals surface area contributed by atoms with Crippen molar-refractivity contribution >= 4 is 23.6 Å². The predicted octanol–water partition coefficient (Wildman–Crippen LogP) is 3.25. The Labute approximate surface area is 147 Å². The molecule has 0 bridgehead atoms. The maximum Gasteiger partial charge on any atom is 0.339 e. The Morgan fingerprint density at radius 3 is 2.58 bits per heavy atom. The summed E-state index contributed by atoms with van der Waals surface area (Å²) in [5.41, 5.74) is -0.313. The number of thioether (sulfide) groups is 1. The van der Waals surface area contributed by atoms with E-state index in [4.69, 9.17) is 4.74 Å². The third-order valence-electron chi connectivity index (χ3n) is 4.56. The maximum atomic E-state index is 12.4. The largest absolute Gasteiger partial charge is 0.452 e. The highest BCUT2D eigenvalue weighted by Crippen LogP contribution is 2.32. The van der Waals surface area contributed by atoms with Crippen molar-refractivity contribution in [2.75, 3.05) is 19.9 Å². The highest BCUT2D eigenvalue weighted by Gasteiger charge is 2.39. The van der Waals surface area contributed by atoms with Crippen molar-refractivity contribution in [3.05, 3.63) is 29.8 Å². The lowest BCUT2D eigenvalue weighted by molar-refractivity contribution is -0.138. The summed E-state index contributed by atoms with van der Waals surface area (Å²) in [5, 5.41) is 9.53. The van der Waals surface area contributed by atoms with Crippen molar-refractivity contribution in [1.29, 1.82) is 5.26 Å². The van der Waals surface area contributed by atoms with E-state index in [9.17, 15) is 14.9 Å². The minimum absolute atomic E-state index is 0.339. The first-order chi connectivity index (χ1) is 11.5. The standard InChI is InChI=1S/C18H22N2O3S/c1-20(18(13-19)10-6-3-7-11-18)16(21)12-23-17(22)14-8-4-5-9-15(14)24-2/h4-5,8-9H,3,6-7,10-12H2,1-2H3. The molecule has 2 rings (SSSR count). The summed E-state index contributed by atoms with van der Waals surface area (Å²) in [5.74, 6) is -0.857. The molecule has 0 unspecified atom stereocenters. The number of nitrogens with zero attached hydrogens (tertiary/aromatic N) is 2. The maximum absolute atomic E-state index is 12.4. The average Bonchev–Trinajstić information content (AvgIpc) is 2.65. The lowest BCUT2D eigenvalue weighted by Gasteiger charge is -2.38. The van der Waals surface area contributed by atoms with Crippen LogP contribution in [0.4, 0.5) is 0 Å². The van der Waals surface area contributed by atoms with Gasteiger partial charge in [0.15, 0.2) is 6.61 Å². The SMILES string of the molecule is CSc1ccccc1C(=O)OCC(=O)N(C)C1(C#N)CCCCC1. The van der Waals surface area contributed by atoms with Gasteiger partial charge in [-0.15, -0.1) is 11.8 Å². The molecule has 0 saturated heterocycles. The van der Waals surface area contributed by atoms with Gasteiger partial charge in [0.25, 0.3) is 5.91 Å². The van der Waals surface area contributed by atoms with E-state index in [1.807, 2.05) is 18.4 Å². The molecule has 0 N–H and O–H groups in total. The zero-order chi connectivity index (χ0) is 17.6. The summed E-state index contributed by atoms with van der Waals surface area (Å²) in [6.45, 7) is -0.346. The van der Waals surface area contributed by atoms with Crippen LogP contribution in [0.25, 0.3) is 0 Å². The smallest absolute Gasteiger partial charge is 0.339 e. The molecule has 0 spiro atoms. The van der Waals surface area contributed by atoms with Crippen LogP contribution in [-0.4, -0.2) is 42.2 Å². The van der Waals surface area contributed by atoms with Gasteiger partial charge in [-0.1, -0.05) is 31.4 Å². The van der Waals surface area contributed by atoms with E-state index < -0.39 is 11.5 Å². The van der Waals surface area contributed by atoms with Gasteiger partial charge in [0.05, 0.1) is 11.6 Å². The van der Waals surface area contributed by atoms with Crippen LogP contribution < -0.4 is 0 Å². The summed E-state index contributed by atoms with van der Waals surface area (Å²) in [6, 6.07) is 9.42. The van der Waals surface area contributed by atoms with Crippen LogP contribution in [0.2, 0.25) is 0 Å². The number of rotatable bonds is 5. The van der Waals surface area contributed by atoms with E-state index in [2.05, 4.69) is 6.07 Å². The zero-order valence-electron chi connectivity index (χ0n) is 14.1. The Morgan fingerprint density at radius 1 is 1.29 bits per heavy atom. The van der Waals surface area contributed by atoms with Crippen LogP contribution in [0.1, 0.15) is 42.5 Å². The van der Waals surface area contributed by atoms with Crippen molar-refractivity contribution in [2.24, 2.45) is 0 Å². The number of nitriles is 1. The van der Waals surface area contributed by atoms with Gasteiger partial charge in [-0.25, -0.2) is 4.79 Å². The number of ether oxygens (including phenoxy) is 1. The van der Waals surface area contributed by atoms with Gasteiger partial charge in [0.2, 0.25) is 0 Å². The quantitative estimate of drug-likeness (QED) is 0.604. The number of likely N-dealkylation sites (N-methyl/N-ethyl adjacent to an activating group) is 1. The molecular weight excluding hydrogens is 324 g/mol. The second-order valence-electron chi connectivity index (χ2n) is 5.93. The fourth-order valence-electron chi connectivity index (χ4n) is 3.01. The van der Waals surface area contributed by atoms with E-state index >= 15 is 0 Å². The van der Waals surface area contributed by atoms with E-state index in [0.29, 0.717) is 18.4 Å². The number of hydrogen-bond acceptors (Lipinski definition) is 5. The number of esters is 1. The van der Waals surface area contributed by atoms with Crippen LogP contribution in [0, 0.1) is 11.3 Å². The van der Waals surface area contributed by atoms with Gasteiger partial charge in [-0.3, -0.25) is 4.79 Å². The Balaban J connectivity index is 1.99. The van der Waals surface area contributed by atoms with Crippen LogP contribution in [0.15, 0.2) is 29.2 Å². The summed E-state index contributed by atoms with van der Waals surface area (Å²) in [7, 11) is 1.63. The summed E-state index contributed by atoms with van der Waals surface area (Å²) in [4.78, 5) is 26.9. The molecule has 0 radical (unpaired) electrons. The fourth-order valence-corrected chi connectivity index (χ4v) is 3.60. The molecule has 1 amide bonds. The van der Waals surface area contributed by atoms with Gasteiger partial charge in [0, 0.05) is 11.9 Å². The third kappa shape index (κ3) is 3.90. The predicted molar refractivity (Wildman–Crippen MR) is 92.7 cm³/mol. The van der Waals surface area contributed by atoms with Crippen molar-refractivity contribution in [2.45, 2.75) is 42.5 Å². The molecule has 1 aliphatic carbocycles. The van der Waals surface area contributed by atoms with E-state index in [0.717, 1.165) is 24.2 Å².